The van der Waals surface area contributed by atoms with Gasteiger partial charge >= 0.3 is 6.09 Å². The van der Waals surface area contributed by atoms with E-state index in [1.54, 1.807) is 50.2 Å². The van der Waals surface area contributed by atoms with Gasteiger partial charge in [0.25, 0.3) is 0 Å². The molecule has 29 heavy (non-hydrogen) atoms. The number of ketones is 1. The maximum atomic E-state index is 13.4. The number of halogens is 2. The van der Waals surface area contributed by atoms with Crippen molar-refractivity contribution in [3.63, 3.8) is 0 Å². The van der Waals surface area contributed by atoms with Gasteiger partial charge in [-0.2, -0.15) is 0 Å². The van der Waals surface area contributed by atoms with E-state index in [0.29, 0.717) is 20.9 Å². The molecule has 0 saturated carbocycles. The van der Waals surface area contributed by atoms with Gasteiger partial charge in [-0.1, -0.05) is 42.3 Å². The Morgan fingerprint density at radius 3 is 2.41 bits per heavy atom. The zero-order valence-electron chi connectivity index (χ0n) is 15.8. The first-order valence-electron chi connectivity index (χ1n) is 8.98. The van der Waals surface area contributed by atoms with E-state index < -0.39 is 11.9 Å². The number of nitrogens with zero attached hydrogens (tertiary/aromatic N) is 1. The van der Waals surface area contributed by atoms with Crippen LogP contribution in [0.2, 0.25) is 10.0 Å². The van der Waals surface area contributed by atoms with Crippen molar-refractivity contribution in [3.8, 4) is 0 Å². The molecule has 0 bridgehead atoms. The number of rotatable bonds is 5. The van der Waals surface area contributed by atoms with Gasteiger partial charge in [-0.15, -0.1) is 0 Å². The Morgan fingerprint density at radius 1 is 1.03 bits per heavy atom. The van der Waals surface area contributed by atoms with E-state index in [1.165, 1.54) is 6.07 Å². The van der Waals surface area contributed by atoms with Crippen molar-refractivity contribution in [2.45, 2.75) is 20.3 Å². The third-order valence-corrected chi connectivity index (χ3v) is 4.74. The minimum Gasteiger partial charge on any atom is -0.449 e. The number of anilines is 1. The number of hydrogen-bond acceptors (Lipinski definition) is 4. The van der Waals surface area contributed by atoms with E-state index >= 15 is 0 Å². The molecular formula is C21H18Cl2N2O4. The van der Waals surface area contributed by atoms with E-state index in [4.69, 9.17) is 27.9 Å². The molecule has 0 aliphatic rings. The van der Waals surface area contributed by atoms with Gasteiger partial charge in [0.2, 0.25) is 11.7 Å². The summed E-state index contributed by atoms with van der Waals surface area (Å²) >= 11 is 12.2. The highest BCUT2D eigenvalue weighted by Gasteiger charge is 2.29. The lowest BCUT2D eigenvalue weighted by Crippen LogP contribution is -2.21. The number of fused-ring (bicyclic) bond motifs is 1. The number of amides is 1. The van der Waals surface area contributed by atoms with Gasteiger partial charge in [-0.25, -0.2) is 9.36 Å². The second kappa shape index (κ2) is 8.68. The molecule has 1 N–H and O–H groups in total. The average molecular weight is 433 g/mol. The SMILES string of the molecule is CCOC(=O)n1c(C(=O)c2cccc(Cl)c2)c(NC(=O)CC)c2ccc(Cl)cc21. The maximum absolute atomic E-state index is 13.4. The fraction of sp³-hybridized carbons (Fsp3) is 0.190. The number of hydrogen-bond donors (Lipinski definition) is 1. The topological polar surface area (TPSA) is 77.4 Å². The molecule has 0 fully saturated rings. The first-order valence-corrected chi connectivity index (χ1v) is 9.74. The van der Waals surface area contributed by atoms with Gasteiger partial charge in [0, 0.05) is 27.4 Å². The van der Waals surface area contributed by atoms with Gasteiger partial charge in [0.1, 0.15) is 5.69 Å². The zero-order valence-corrected chi connectivity index (χ0v) is 17.3. The van der Waals surface area contributed by atoms with E-state index in [9.17, 15) is 14.4 Å². The highest BCUT2D eigenvalue weighted by molar-refractivity contribution is 6.32. The minimum atomic E-state index is -0.748. The summed E-state index contributed by atoms with van der Waals surface area (Å²) in [6, 6.07) is 11.2. The maximum Gasteiger partial charge on any atom is 0.419 e. The highest BCUT2D eigenvalue weighted by Crippen LogP contribution is 2.35. The van der Waals surface area contributed by atoms with Crippen molar-refractivity contribution in [1.29, 1.82) is 0 Å². The fourth-order valence-corrected chi connectivity index (χ4v) is 3.33. The number of ether oxygens (including phenoxy) is 1. The molecule has 1 heterocycles. The van der Waals surface area contributed by atoms with Crippen LogP contribution in [0.3, 0.4) is 0 Å². The van der Waals surface area contributed by atoms with Crippen LogP contribution < -0.4 is 5.32 Å². The molecule has 0 unspecified atom stereocenters. The molecule has 0 aliphatic heterocycles. The Kier molecular flexibility index (Phi) is 6.25. The second-order valence-electron chi connectivity index (χ2n) is 6.16. The fourth-order valence-electron chi connectivity index (χ4n) is 2.97. The lowest BCUT2D eigenvalue weighted by Gasteiger charge is -2.11. The van der Waals surface area contributed by atoms with Crippen LogP contribution in [-0.2, 0) is 9.53 Å². The number of benzene rings is 2. The smallest absolute Gasteiger partial charge is 0.419 e. The Balaban J connectivity index is 2.35. The van der Waals surface area contributed by atoms with Gasteiger partial charge in [-0.3, -0.25) is 9.59 Å². The molecule has 0 saturated heterocycles. The molecule has 3 aromatic rings. The molecule has 0 spiro atoms. The normalized spacial score (nSPS) is 10.8. The summed E-state index contributed by atoms with van der Waals surface area (Å²) in [7, 11) is 0. The summed E-state index contributed by atoms with van der Waals surface area (Å²) in [5.74, 6) is -0.790. The summed E-state index contributed by atoms with van der Waals surface area (Å²) in [4.78, 5) is 38.3. The number of carbonyl (C=O) groups is 3. The Bertz CT molecular complexity index is 1120. The molecule has 3 rings (SSSR count). The lowest BCUT2D eigenvalue weighted by atomic mass is 10.1. The quantitative estimate of drug-likeness (QED) is 0.537. The summed E-state index contributed by atoms with van der Waals surface area (Å²) in [6.07, 6.45) is -0.549. The van der Waals surface area contributed by atoms with E-state index in [2.05, 4.69) is 5.32 Å². The molecule has 6 nitrogen and oxygen atoms in total. The predicted molar refractivity (Wildman–Crippen MR) is 113 cm³/mol. The second-order valence-corrected chi connectivity index (χ2v) is 7.03. The van der Waals surface area contributed by atoms with E-state index in [0.717, 1.165) is 4.57 Å². The number of aromatic nitrogens is 1. The van der Waals surface area contributed by atoms with Crippen LogP contribution in [0.4, 0.5) is 10.5 Å². The lowest BCUT2D eigenvalue weighted by molar-refractivity contribution is -0.115. The number of nitrogens with one attached hydrogen (secondary N) is 1. The van der Waals surface area contributed by atoms with Crippen LogP contribution in [-0.4, -0.2) is 29.0 Å². The average Bonchev–Trinajstić information content (AvgIpc) is 3.00. The van der Waals surface area contributed by atoms with Crippen molar-refractivity contribution in [2.24, 2.45) is 0 Å². The minimum absolute atomic E-state index is 0.0233. The summed E-state index contributed by atoms with van der Waals surface area (Å²) < 4.78 is 6.30. The molecule has 8 heteroatoms. The van der Waals surface area contributed by atoms with Crippen molar-refractivity contribution >= 4 is 57.6 Å². The molecule has 0 aliphatic carbocycles. The van der Waals surface area contributed by atoms with Crippen LogP contribution in [0.5, 0.6) is 0 Å². The molecule has 2 aromatic carbocycles. The van der Waals surface area contributed by atoms with Crippen molar-refractivity contribution in [1.82, 2.24) is 4.57 Å². The Hall–Kier alpha value is -2.83. The highest BCUT2D eigenvalue weighted by atomic mass is 35.5. The van der Waals surface area contributed by atoms with Gasteiger partial charge in [0.15, 0.2) is 0 Å². The molecule has 0 atom stereocenters. The van der Waals surface area contributed by atoms with Gasteiger partial charge in [0.05, 0.1) is 17.8 Å². The standard InChI is InChI=1S/C21H18Cl2N2O4/c1-3-17(26)24-18-15-9-8-14(23)11-16(15)25(21(28)29-4-2)19(18)20(27)12-6-5-7-13(22)10-12/h5-11H,3-4H2,1-2H3,(H,24,26). The number of carbonyl (C=O) groups excluding carboxylic acids is 3. The summed E-state index contributed by atoms with van der Waals surface area (Å²) in [5, 5.41) is 3.98. The first-order chi connectivity index (χ1) is 13.9. The van der Waals surface area contributed by atoms with Crippen molar-refractivity contribution in [3.05, 3.63) is 63.8 Å². The van der Waals surface area contributed by atoms with Crippen molar-refractivity contribution in [2.75, 3.05) is 11.9 Å². The van der Waals surface area contributed by atoms with Crippen molar-refractivity contribution < 1.29 is 19.1 Å². The van der Waals surface area contributed by atoms with Gasteiger partial charge < -0.3 is 10.1 Å². The van der Waals surface area contributed by atoms with Crippen LogP contribution in [0.15, 0.2) is 42.5 Å². The van der Waals surface area contributed by atoms with E-state index in [1.807, 2.05) is 0 Å². The molecular weight excluding hydrogens is 415 g/mol. The Labute approximate surface area is 177 Å². The third kappa shape index (κ3) is 4.13. The van der Waals surface area contributed by atoms with Crippen LogP contribution in [0.1, 0.15) is 36.3 Å². The van der Waals surface area contributed by atoms with E-state index in [-0.39, 0.29) is 35.9 Å². The first kappa shape index (κ1) is 20.9. The van der Waals surface area contributed by atoms with Crippen LogP contribution in [0.25, 0.3) is 10.9 Å². The molecule has 0 radical (unpaired) electrons. The third-order valence-electron chi connectivity index (χ3n) is 4.27. The summed E-state index contributed by atoms with van der Waals surface area (Å²) in [6.45, 7) is 3.46. The monoisotopic (exact) mass is 432 g/mol. The Morgan fingerprint density at radius 2 is 1.76 bits per heavy atom. The van der Waals surface area contributed by atoms with Crippen LogP contribution in [0, 0.1) is 0 Å². The molecule has 1 aromatic heterocycles. The predicted octanol–water partition coefficient (Wildman–Crippen LogP) is 5.53. The van der Waals surface area contributed by atoms with Gasteiger partial charge in [-0.05, 0) is 37.3 Å². The largest absolute Gasteiger partial charge is 0.449 e. The summed E-state index contributed by atoms with van der Waals surface area (Å²) in [5.41, 5.74) is 0.822. The molecule has 150 valence electrons. The molecule has 1 amide bonds. The zero-order chi connectivity index (χ0) is 21.1. The van der Waals surface area contributed by atoms with Crippen LogP contribution >= 0.6 is 23.2 Å².